The van der Waals surface area contributed by atoms with Gasteiger partial charge in [-0.2, -0.15) is 0 Å². The summed E-state index contributed by atoms with van der Waals surface area (Å²) in [5.41, 5.74) is 1.96. The van der Waals surface area contributed by atoms with E-state index >= 15 is 0 Å². The van der Waals surface area contributed by atoms with Crippen LogP contribution in [-0.2, 0) is 17.9 Å². The van der Waals surface area contributed by atoms with Crippen molar-refractivity contribution in [1.82, 2.24) is 10.6 Å². The molecular formula is C20H25ClN2O2. The van der Waals surface area contributed by atoms with E-state index in [1.54, 1.807) is 0 Å². The second-order valence-electron chi connectivity index (χ2n) is 6.93. The predicted octanol–water partition coefficient (Wildman–Crippen LogP) is 3.92. The Bertz CT molecular complexity index is 694. The zero-order chi connectivity index (χ0) is 18.3. The van der Waals surface area contributed by atoms with E-state index in [0.29, 0.717) is 12.3 Å². The minimum atomic E-state index is -0.252. The molecule has 0 saturated carbocycles. The number of nitrogens with one attached hydrogen (secondary N) is 2. The molecule has 0 spiro atoms. The molecule has 0 radical (unpaired) electrons. The molecule has 1 amide bonds. The molecule has 0 bridgehead atoms. The van der Waals surface area contributed by atoms with Crippen molar-refractivity contribution in [2.45, 2.75) is 39.4 Å². The lowest BCUT2D eigenvalue weighted by atomic mass is 10.1. The summed E-state index contributed by atoms with van der Waals surface area (Å²) in [5, 5.41) is 7.00. The monoisotopic (exact) mass is 360 g/mol. The number of halogens is 1. The second kappa shape index (κ2) is 8.88. The van der Waals surface area contributed by atoms with Gasteiger partial charge < -0.3 is 15.4 Å². The van der Waals surface area contributed by atoms with Crippen LogP contribution in [-0.4, -0.2) is 18.1 Å². The second-order valence-corrected chi connectivity index (χ2v) is 7.33. The van der Waals surface area contributed by atoms with Crippen LogP contribution in [0.25, 0.3) is 0 Å². The molecule has 0 unspecified atom stereocenters. The molecule has 25 heavy (non-hydrogen) atoms. The molecule has 0 aromatic heterocycles. The number of carbonyl (C=O) groups is 1. The highest BCUT2D eigenvalue weighted by Crippen LogP contribution is 2.15. The number of hydrogen-bond donors (Lipinski definition) is 2. The summed E-state index contributed by atoms with van der Waals surface area (Å²) in [6.07, 6.45) is 0. The molecule has 2 aromatic carbocycles. The van der Waals surface area contributed by atoms with Crippen LogP contribution >= 0.6 is 11.6 Å². The Morgan fingerprint density at radius 1 is 1.04 bits per heavy atom. The van der Waals surface area contributed by atoms with Crippen molar-refractivity contribution < 1.29 is 9.53 Å². The molecule has 4 nitrogen and oxygen atoms in total. The van der Waals surface area contributed by atoms with Gasteiger partial charge in [-0.3, -0.25) is 4.79 Å². The van der Waals surface area contributed by atoms with Gasteiger partial charge in [-0.05, 0) is 50.1 Å². The molecule has 2 aromatic rings. The lowest BCUT2D eigenvalue weighted by molar-refractivity contribution is -0.124. The Morgan fingerprint density at radius 2 is 1.72 bits per heavy atom. The van der Waals surface area contributed by atoms with E-state index in [2.05, 4.69) is 10.6 Å². The van der Waals surface area contributed by atoms with Gasteiger partial charge in [0, 0.05) is 23.7 Å². The Balaban J connectivity index is 1.76. The molecular weight excluding hydrogens is 336 g/mol. The molecule has 134 valence electrons. The van der Waals surface area contributed by atoms with Crippen LogP contribution in [0.4, 0.5) is 0 Å². The van der Waals surface area contributed by atoms with E-state index in [4.69, 9.17) is 16.3 Å². The maximum Gasteiger partial charge on any atom is 0.258 e. The Hall–Kier alpha value is -2.04. The Labute approximate surface area is 154 Å². The van der Waals surface area contributed by atoms with Crippen molar-refractivity contribution in [2.75, 3.05) is 6.61 Å². The van der Waals surface area contributed by atoms with E-state index in [0.717, 1.165) is 22.7 Å². The first-order valence-corrected chi connectivity index (χ1v) is 8.68. The average molecular weight is 361 g/mol. The predicted molar refractivity (Wildman–Crippen MR) is 102 cm³/mol. The van der Waals surface area contributed by atoms with Gasteiger partial charge in [0.05, 0.1) is 0 Å². The zero-order valence-electron chi connectivity index (χ0n) is 14.9. The van der Waals surface area contributed by atoms with Gasteiger partial charge in [-0.1, -0.05) is 41.9 Å². The van der Waals surface area contributed by atoms with Gasteiger partial charge >= 0.3 is 0 Å². The molecule has 0 heterocycles. The highest BCUT2D eigenvalue weighted by atomic mass is 35.5. The molecule has 0 aliphatic rings. The highest BCUT2D eigenvalue weighted by molar-refractivity contribution is 6.31. The Morgan fingerprint density at radius 3 is 2.36 bits per heavy atom. The van der Waals surface area contributed by atoms with Crippen LogP contribution < -0.4 is 15.4 Å². The van der Waals surface area contributed by atoms with E-state index in [1.807, 2.05) is 69.3 Å². The third kappa shape index (κ3) is 7.16. The molecule has 2 N–H and O–H groups in total. The molecule has 5 heteroatoms. The first-order chi connectivity index (χ1) is 11.8. The fraction of sp³-hybridized carbons (Fsp3) is 0.350. The van der Waals surface area contributed by atoms with Crippen LogP contribution in [0.15, 0.2) is 48.5 Å². The number of benzene rings is 2. The maximum atomic E-state index is 11.7. The van der Waals surface area contributed by atoms with Gasteiger partial charge in [-0.15, -0.1) is 0 Å². The fourth-order valence-corrected chi connectivity index (χ4v) is 2.49. The van der Waals surface area contributed by atoms with Crippen molar-refractivity contribution >= 4 is 17.5 Å². The standard InChI is InChI=1S/C20H25ClN2O2/c1-20(2,3)23-19(24)14-25-17-10-8-15(9-11-17)12-22-13-16-6-4-5-7-18(16)21/h4-11,22H,12-14H2,1-3H3,(H,23,24). The van der Waals surface area contributed by atoms with Crippen molar-refractivity contribution in [3.63, 3.8) is 0 Å². The average Bonchev–Trinajstić information content (AvgIpc) is 2.54. The van der Waals surface area contributed by atoms with Crippen LogP contribution in [0, 0.1) is 0 Å². The molecule has 0 saturated heterocycles. The third-order valence-corrected chi connectivity index (χ3v) is 3.78. The Kier molecular flexibility index (Phi) is 6.85. The summed E-state index contributed by atoms with van der Waals surface area (Å²) >= 11 is 6.14. The number of hydrogen-bond acceptors (Lipinski definition) is 3. The third-order valence-electron chi connectivity index (χ3n) is 3.41. The van der Waals surface area contributed by atoms with E-state index in [9.17, 15) is 4.79 Å². The lowest BCUT2D eigenvalue weighted by Crippen LogP contribution is -2.43. The summed E-state index contributed by atoms with van der Waals surface area (Å²) in [6.45, 7) is 7.28. The van der Waals surface area contributed by atoms with Gasteiger partial charge in [0.1, 0.15) is 5.75 Å². The first kappa shape index (κ1) is 19.3. The minimum absolute atomic E-state index is 0.0153. The van der Waals surface area contributed by atoms with Crippen LogP contribution in [0.1, 0.15) is 31.9 Å². The molecule has 0 aliphatic carbocycles. The summed E-state index contributed by atoms with van der Waals surface area (Å²) in [6, 6.07) is 15.5. The topological polar surface area (TPSA) is 50.4 Å². The minimum Gasteiger partial charge on any atom is -0.484 e. The van der Waals surface area contributed by atoms with Gasteiger partial charge in [-0.25, -0.2) is 0 Å². The zero-order valence-corrected chi connectivity index (χ0v) is 15.7. The maximum absolute atomic E-state index is 11.7. The first-order valence-electron chi connectivity index (χ1n) is 8.30. The van der Waals surface area contributed by atoms with Crippen LogP contribution in [0.5, 0.6) is 5.75 Å². The van der Waals surface area contributed by atoms with Gasteiger partial charge in [0.2, 0.25) is 0 Å². The molecule has 0 fully saturated rings. The SMILES string of the molecule is CC(C)(C)NC(=O)COc1ccc(CNCc2ccccc2Cl)cc1. The van der Waals surface area contributed by atoms with E-state index in [-0.39, 0.29) is 18.1 Å². The van der Waals surface area contributed by atoms with E-state index in [1.165, 1.54) is 0 Å². The fourth-order valence-electron chi connectivity index (χ4n) is 2.29. The molecule has 0 aliphatic heterocycles. The molecule has 2 rings (SSSR count). The lowest BCUT2D eigenvalue weighted by Gasteiger charge is -2.20. The summed E-state index contributed by atoms with van der Waals surface area (Å²) < 4.78 is 5.51. The number of ether oxygens (including phenoxy) is 1. The van der Waals surface area contributed by atoms with Crippen LogP contribution in [0.2, 0.25) is 5.02 Å². The van der Waals surface area contributed by atoms with Crippen molar-refractivity contribution in [3.05, 3.63) is 64.7 Å². The smallest absolute Gasteiger partial charge is 0.258 e. The van der Waals surface area contributed by atoms with Gasteiger partial charge in [0.25, 0.3) is 5.91 Å². The van der Waals surface area contributed by atoms with Gasteiger partial charge in [0.15, 0.2) is 6.61 Å². The normalized spacial score (nSPS) is 11.2. The van der Waals surface area contributed by atoms with Crippen LogP contribution in [0.3, 0.4) is 0 Å². The number of rotatable bonds is 7. The van der Waals surface area contributed by atoms with Crippen molar-refractivity contribution in [1.29, 1.82) is 0 Å². The van der Waals surface area contributed by atoms with E-state index < -0.39 is 0 Å². The summed E-state index contributed by atoms with van der Waals surface area (Å²) in [7, 11) is 0. The number of carbonyl (C=O) groups excluding carboxylic acids is 1. The van der Waals surface area contributed by atoms with Crippen molar-refractivity contribution in [2.24, 2.45) is 0 Å². The quantitative estimate of drug-likeness (QED) is 0.786. The highest BCUT2D eigenvalue weighted by Gasteiger charge is 2.13. The summed E-state index contributed by atoms with van der Waals surface area (Å²) in [5.74, 6) is 0.553. The van der Waals surface area contributed by atoms with Crippen molar-refractivity contribution in [3.8, 4) is 5.75 Å². The summed E-state index contributed by atoms with van der Waals surface area (Å²) in [4.78, 5) is 11.7. The largest absolute Gasteiger partial charge is 0.484 e. The number of amides is 1. The molecule has 0 atom stereocenters.